The summed E-state index contributed by atoms with van der Waals surface area (Å²) in [5.41, 5.74) is 1.28. The summed E-state index contributed by atoms with van der Waals surface area (Å²) in [6.45, 7) is 6.42. The van der Waals surface area contributed by atoms with E-state index in [0.29, 0.717) is 17.5 Å². The maximum Gasteiger partial charge on any atom is 0.137 e. The summed E-state index contributed by atoms with van der Waals surface area (Å²) in [5, 5.41) is 0.322. The zero-order chi connectivity index (χ0) is 14.1. The molecule has 2 heteroatoms. The first-order valence-corrected chi connectivity index (χ1v) is 8.43. The van der Waals surface area contributed by atoms with E-state index in [1.807, 2.05) is 17.8 Å². The number of thioether (sulfide) groups is 1. The van der Waals surface area contributed by atoms with Crippen LogP contribution in [0, 0.1) is 5.92 Å². The number of hydrogen-bond acceptors (Lipinski definition) is 2. The first-order valence-electron chi connectivity index (χ1n) is 7.38. The molecule has 0 spiro atoms. The van der Waals surface area contributed by atoms with E-state index in [0.717, 1.165) is 18.6 Å². The lowest BCUT2D eigenvalue weighted by atomic mass is 9.95. The Hall–Kier alpha value is -0.760. The molecule has 0 aliphatic carbocycles. The molecule has 2 atom stereocenters. The van der Waals surface area contributed by atoms with Crippen molar-refractivity contribution in [2.75, 3.05) is 5.75 Å². The SMILES string of the molecule is CCCC[C@@H](C)C(=O)C[C@H](SCC)c1ccccc1. The Balaban J connectivity index is 2.61. The van der Waals surface area contributed by atoms with E-state index in [-0.39, 0.29) is 5.92 Å². The van der Waals surface area contributed by atoms with Gasteiger partial charge in [-0.2, -0.15) is 11.8 Å². The van der Waals surface area contributed by atoms with Crippen molar-refractivity contribution in [3.8, 4) is 0 Å². The highest BCUT2D eigenvalue weighted by atomic mass is 32.2. The molecule has 1 aromatic carbocycles. The first-order chi connectivity index (χ1) is 9.19. The van der Waals surface area contributed by atoms with Crippen LogP contribution >= 0.6 is 11.8 Å². The number of rotatable bonds is 9. The van der Waals surface area contributed by atoms with E-state index < -0.39 is 0 Å². The highest BCUT2D eigenvalue weighted by molar-refractivity contribution is 7.99. The Kier molecular flexibility index (Phi) is 7.88. The molecule has 0 unspecified atom stereocenters. The van der Waals surface area contributed by atoms with Crippen LogP contribution in [0.3, 0.4) is 0 Å². The number of benzene rings is 1. The molecule has 1 nitrogen and oxygen atoms in total. The minimum absolute atomic E-state index is 0.212. The van der Waals surface area contributed by atoms with Crippen molar-refractivity contribution in [1.82, 2.24) is 0 Å². The van der Waals surface area contributed by atoms with Crippen molar-refractivity contribution >= 4 is 17.5 Å². The summed E-state index contributed by atoms with van der Waals surface area (Å²) in [7, 11) is 0. The Morgan fingerprint density at radius 2 is 1.89 bits per heavy atom. The van der Waals surface area contributed by atoms with Crippen molar-refractivity contribution < 1.29 is 4.79 Å². The van der Waals surface area contributed by atoms with Crippen LogP contribution in [0.2, 0.25) is 0 Å². The van der Waals surface area contributed by atoms with Gasteiger partial charge in [0.05, 0.1) is 0 Å². The largest absolute Gasteiger partial charge is 0.299 e. The number of carbonyl (C=O) groups excluding carboxylic acids is 1. The average Bonchev–Trinajstić information content (AvgIpc) is 2.45. The van der Waals surface area contributed by atoms with Gasteiger partial charge < -0.3 is 0 Å². The lowest BCUT2D eigenvalue weighted by Crippen LogP contribution is -2.14. The number of unbranched alkanes of at least 4 members (excludes halogenated alkanes) is 1. The fourth-order valence-electron chi connectivity index (χ4n) is 2.20. The maximum absolute atomic E-state index is 12.3. The molecule has 0 aliphatic heterocycles. The smallest absolute Gasteiger partial charge is 0.137 e. The van der Waals surface area contributed by atoms with E-state index in [1.165, 1.54) is 12.0 Å². The fourth-order valence-corrected chi connectivity index (χ4v) is 3.23. The van der Waals surface area contributed by atoms with Crippen LogP contribution in [-0.4, -0.2) is 11.5 Å². The van der Waals surface area contributed by atoms with Crippen molar-refractivity contribution in [2.24, 2.45) is 5.92 Å². The summed E-state index contributed by atoms with van der Waals surface area (Å²) in [6, 6.07) is 10.4. The molecule has 0 amide bonds. The van der Waals surface area contributed by atoms with E-state index >= 15 is 0 Å². The van der Waals surface area contributed by atoms with Crippen molar-refractivity contribution in [1.29, 1.82) is 0 Å². The molecule has 19 heavy (non-hydrogen) atoms. The van der Waals surface area contributed by atoms with Crippen LogP contribution in [0.5, 0.6) is 0 Å². The molecular formula is C17H26OS. The second-order valence-corrected chi connectivity index (χ2v) is 6.55. The normalized spacial score (nSPS) is 14.1. The minimum Gasteiger partial charge on any atom is -0.299 e. The number of ketones is 1. The van der Waals surface area contributed by atoms with Gasteiger partial charge in [-0.25, -0.2) is 0 Å². The van der Waals surface area contributed by atoms with Gasteiger partial charge in [0.25, 0.3) is 0 Å². The summed E-state index contributed by atoms with van der Waals surface area (Å²) in [6.07, 6.45) is 4.04. The van der Waals surface area contributed by atoms with Crippen molar-refractivity contribution in [3.63, 3.8) is 0 Å². The van der Waals surface area contributed by atoms with Gasteiger partial charge in [-0.15, -0.1) is 0 Å². The highest BCUT2D eigenvalue weighted by Crippen LogP contribution is 2.33. The van der Waals surface area contributed by atoms with Gasteiger partial charge in [0.2, 0.25) is 0 Å². The molecular weight excluding hydrogens is 252 g/mol. The molecule has 1 aromatic rings. The third kappa shape index (κ3) is 5.82. The van der Waals surface area contributed by atoms with Gasteiger partial charge >= 0.3 is 0 Å². The van der Waals surface area contributed by atoms with Crippen LogP contribution in [0.25, 0.3) is 0 Å². The highest BCUT2D eigenvalue weighted by Gasteiger charge is 2.19. The van der Waals surface area contributed by atoms with Crippen LogP contribution in [0.15, 0.2) is 30.3 Å². The Morgan fingerprint density at radius 1 is 1.21 bits per heavy atom. The van der Waals surface area contributed by atoms with Crippen molar-refractivity contribution in [3.05, 3.63) is 35.9 Å². The lowest BCUT2D eigenvalue weighted by molar-refractivity contribution is -0.122. The average molecular weight is 278 g/mol. The summed E-state index contributed by atoms with van der Waals surface area (Å²) in [5.74, 6) is 1.68. The molecule has 0 N–H and O–H groups in total. The van der Waals surface area contributed by atoms with E-state index in [9.17, 15) is 4.79 Å². The van der Waals surface area contributed by atoms with Gasteiger partial charge in [-0.1, -0.05) is 63.9 Å². The molecule has 0 saturated carbocycles. The third-order valence-electron chi connectivity index (χ3n) is 3.47. The van der Waals surface area contributed by atoms with Gasteiger partial charge in [0, 0.05) is 17.6 Å². The molecule has 0 heterocycles. The first kappa shape index (κ1) is 16.3. The van der Waals surface area contributed by atoms with Crippen LogP contribution in [0.1, 0.15) is 57.3 Å². The summed E-state index contributed by atoms with van der Waals surface area (Å²) in [4.78, 5) is 12.3. The van der Waals surface area contributed by atoms with E-state index in [2.05, 4.69) is 45.0 Å². The minimum atomic E-state index is 0.212. The van der Waals surface area contributed by atoms with E-state index in [4.69, 9.17) is 0 Å². The fraction of sp³-hybridized carbons (Fsp3) is 0.588. The zero-order valence-corrected chi connectivity index (χ0v) is 13.2. The van der Waals surface area contributed by atoms with E-state index in [1.54, 1.807) is 0 Å². The number of hydrogen-bond donors (Lipinski definition) is 0. The monoisotopic (exact) mass is 278 g/mol. The Bertz CT molecular complexity index is 361. The van der Waals surface area contributed by atoms with Gasteiger partial charge in [0.1, 0.15) is 5.78 Å². The summed E-state index contributed by atoms with van der Waals surface area (Å²) < 4.78 is 0. The predicted molar refractivity (Wildman–Crippen MR) is 85.6 cm³/mol. The zero-order valence-electron chi connectivity index (χ0n) is 12.4. The molecule has 0 bridgehead atoms. The van der Waals surface area contributed by atoms with Crippen molar-refractivity contribution in [2.45, 2.75) is 51.7 Å². The number of carbonyl (C=O) groups is 1. The molecule has 0 radical (unpaired) electrons. The Morgan fingerprint density at radius 3 is 2.47 bits per heavy atom. The molecule has 0 fully saturated rings. The quantitative estimate of drug-likeness (QED) is 0.612. The summed E-state index contributed by atoms with van der Waals surface area (Å²) >= 11 is 1.88. The number of Topliss-reactive ketones (excluding diaryl/α,β-unsaturated/α-hetero) is 1. The molecule has 0 saturated heterocycles. The van der Waals surface area contributed by atoms with Gasteiger partial charge in [-0.05, 0) is 17.7 Å². The second kappa shape index (κ2) is 9.19. The predicted octanol–water partition coefficient (Wildman–Crippen LogP) is 5.27. The van der Waals surface area contributed by atoms with Crippen LogP contribution < -0.4 is 0 Å². The lowest BCUT2D eigenvalue weighted by Gasteiger charge is -2.18. The third-order valence-corrected chi connectivity index (χ3v) is 4.64. The van der Waals surface area contributed by atoms with Crippen LogP contribution in [-0.2, 0) is 4.79 Å². The van der Waals surface area contributed by atoms with Gasteiger partial charge in [0.15, 0.2) is 0 Å². The van der Waals surface area contributed by atoms with Crippen LogP contribution in [0.4, 0.5) is 0 Å². The molecule has 0 aliphatic rings. The standard InChI is InChI=1S/C17H26OS/c1-4-6-10-14(3)16(18)13-17(19-5-2)15-11-8-7-9-12-15/h7-9,11-12,14,17H,4-6,10,13H2,1-3H3/t14-,17+/m1/s1. The molecule has 1 rings (SSSR count). The molecule has 106 valence electrons. The molecule has 0 aromatic heterocycles. The second-order valence-electron chi connectivity index (χ2n) is 5.07. The maximum atomic E-state index is 12.3. The topological polar surface area (TPSA) is 17.1 Å². The Labute approximate surface area is 122 Å². The van der Waals surface area contributed by atoms with Gasteiger partial charge in [-0.3, -0.25) is 4.79 Å².